The zero-order chi connectivity index (χ0) is 12.3. The molecule has 1 aliphatic rings. The van der Waals surface area contributed by atoms with Gasteiger partial charge in [-0.1, -0.05) is 0 Å². The highest BCUT2D eigenvalue weighted by molar-refractivity contribution is 7.99. The Morgan fingerprint density at radius 1 is 1.35 bits per heavy atom. The summed E-state index contributed by atoms with van der Waals surface area (Å²) in [5.74, 6) is 0.971. The number of pyridine rings is 1. The van der Waals surface area contributed by atoms with Crippen LogP contribution in [0.4, 0.5) is 20.4 Å². The first kappa shape index (κ1) is 12.4. The van der Waals surface area contributed by atoms with E-state index >= 15 is 0 Å². The zero-order valence-corrected chi connectivity index (χ0v) is 10.4. The molecule has 6 heteroatoms. The lowest BCUT2D eigenvalue weighted by atomic mass is 10.2. The van der Waals surface area contributed by atoms with Crippen LogP contribution in [0.2, 0.25) is 0 Å². The molecule has 17 heavy (non-hydrogen) atoms. The Kier molecular flexibility index (Phi) is 4.04. The SMILES string of the molecule is CNc1nc(NC2CCCSC2)c(F)cc1F. The van der Waals surface area contributed by atoms with Crippen molar-refractivity contribution >= 4 is 23.4 Å². The molecule has 2 N–H and O–H groups in total. The van der Waals surface area contributed by atoms with Crippen molar-refractivity contribution in [3.63, 3.8) is 0 Å². The van der Waals surface area contributed by atoms with E-state index in [0.717, 1.165) is 30.4 Å². The van der Waals surface area contributed by atoms with Crippen LogP contribution < -0.4 is 10.6 Å². The third-order valence-electron chi connectivity index (χ3n) is 2.67. The van der Waals surface area contributed by atoms with Crippen LogP contribution in [0.1, 0.15) is 12.8 Å². The van der Waals surface area contributed by atoms with Gasteiger partial charge in [-0.25, -0.2) is 13.8 Å². The molecule has 0 saturated carbocycles. The number of nitrogens with zero attached hydrogens (tertiary/aromatic N) is 1. The maximum Gasteiger partial charge on any atom is 0.168 e. The Morgan fingerprint density at radius 3 is 2.76 bits per heavy atom. The molecule has 1 fully saturated rings. The fourth-order valence-electron chi connectivity index (χ4n) is 1.79. The fourth-order valence-corrected chi connectivity index (χ4v) is 2.86. The second-order valence-electron chi connectivity index (χ2n) is 3.96. The van der Waals surface area contributed by atoms with Crippen molar-refractivity contribution in [2.24, 2.45) is 0 Å². The van der Waals surface area contributed by atoms with Crippen molar-refractivity contribution in [3.05, 3.63) is 17.7 Å². The first-order chi connectivity index (χ1) is 8.20. The molecular weight excluding hydrogens is 244 g/mol. The zero-order valence-electron chi connectivity index (χ0n) is 9.59. The van der Waals surface area contributed by atoms with E-state index < -0.39 is 11.6 Å². The van der Waals surface area contributed by atoms with Crippen molar-refractivity contribution in [2.75, 3.05) is 29.2 Å². The molecule has 0 radical (unpaired) electrons. The van der Waals surface area contributed by atoms with E-state index in [0.29, 0.717) is 0 Å². The lowest BCUT2D eigenvalue weighted by Gasteiger charge is -2.23. The van der Waals surface area contributed by atoms with Crippen molar-refractivity contribution in [3.8, 4) is 0 Å². The lowest BCUT2D eigenvalue weighted by molar-refractivity contribution is 0.574. The van der Waals surface area contributed by atoms with E-state index in [-0.39, 0.29) is 17.7 Å². The Balaban J connectivity index is 2.13. The Bertz CT molecular complexity index is 395. The average Bonchev–Trinajstić information content (AvgIpc) is 2.34. The number of aromatic nitrogens is 1. The Hall–Kier alpha value is -1.04. The van der Waals surface area contributed by atoms with Crippen molar-refractivity contribution in [1.82, 2.24) is 4.98 Å². The van der Waals surface area contributed by atoms with Gasteiger partial charge in [0.1, 0.15) is 0 Å². The van der Waals surface area contributed by atoms with E-state index in [1.165, 1.54) is 0 Å². The van der Waals surface area contributed by atoms with Crippen molar-refractivity contribution in [1.29, 1.82) is 0 Å². The van der Waals surface area contributed by atoms with Crippen molar-refractivity contribution < 1.29 is 8.78 Å². The summed E-state index contributed by atoms with van der Waals surface area (Å²) in [5.41, 5.74) is 0. The van der Waals surface area contributed by atoms with Gasteiger partial charge in [0.05, 0.1) is 0 Å². The van der Waals surface area contributed by atoms with Gasteiger partial charge in [-0.05, 0) is 18.6 Å². The molecule has 1 aromatic rings. The van der Waals surface area contributed by atoms with Crippen LogP contribution in [-0.4, -0.2) is 29.6 Å². The van der Waals surface area contributed by atoms with Gasteiger partial charge in [0, 0.05) is 24.9 Å². The molecule has 1 aliphatic heterocycles. The summed E-state index contributed by atoms with van der Waals surface area (Å²) < 4.78 is 26.7. The van der Waals surface area contributed by atoms with Crippen LogP contribution in [-0.2, 0) is 0 Å². The number of rotatable bonds is 3. The maximum absolute atomic E-state index is 13.5. The molecule has 2 heterocycles. The maximum atomic E-state index is 13.5. The summed E-state index contributed by atoms with van der Waals surface area (Å²) in [6.45, 7) is 0. The Morgan fingerprint density at radius 2 is 2.12 bits per heavy atom. The van der Waals surface area contributed by atoms with Crippen LogP contribution in [0.25, 0.3) is 0 Å². The van der Waals surface area contributed by atoms with Gasteiger partial charge >= 0.3 is 0 Å². The molecule has 0 spiro atoms. The molecule has 1 atom stereocenters. The molecule has 0 amide bonds. The number of thioether (sulfide) groups is 1. The standard InChI is InChI=1S/C11H15F2N3S/c1-14-10-8(12)5-9(13)11(16-10)15-7-3-2-4-17-6-7/h5,7H,2-4,6H2,1H3,(H2,14,15,16). The van der Waals surface area contributed by atoms with Gasteiger partial charge in [-0.2, -0.15) is 11.8 Å². The van der Waals surface area contributed by atoms with Gasteiger partial charge in [-0.3, -0.25) is 0 Å². The number of halogens is 2. The summed E-state index contributed by atoms with van der Waals surface area (Å²) in [7, 11) is 1.56. The molecule has 2 rings (SSSR count). The monoisotopic (exact) mass is 259 g/mol. The summed E-state index contributed by atoms with van der Waals surface area (Å²) >= 11 is 1.84. The number of hydrogen-bond acceptors (Lipinski definition) is 4. The first-order valence-electron chi connectivity index (χ1n) is 5.59. The van der Waals surface area contributed by atoms with E-state index in [1.54, 1.807) is 7.05 Å². The summed E-state index contributed by atoms with van der Waals surface area (Å²) in [6.07, 6.45) is 2.12. The van der Waals surface area contributed by atoms with Crippen molar-refractivity contribution in [2.45, 2.75) is 18.9 Å². The molecule has 0 aromatic carbocycles. The molecule has 1 aromatic heterocycles. The third-order valence-corrected chi connectivity index (χ3v) is 3.88. The van der Waals surface area contributed by atoms with Crippen LogP contribution in [0.3, 0.4) is 0 Å². The number of anilines is 2. The van der Waals surface area contributed by atoms with E-state index in [4.69, 9.17) is 0 Å². The van der Waals surface area contributed by atoms with Crippen LogP contribution in [0.5, 0.6) is 0 Å². The second-order valence-corrected chi connectivity index (χ2v) is 5.11. The Labute approximate surface area is 103 Å². The first-order valence-corrected chi connectivity index (χ1v) is 6.74. The average molecular weight is 259 g/mol. The van der Waals surface area contributed by atoms with Gasteiger partial charge in [-0.15, -0.1) is 0 Å². The molecule has 3 nitrogen and oxygen atoms in total. The summed E-state index contributed by atoms with van der Waals surface area (Å²) in [5, 5.41) is 5.64. The third kappa shape index (κ3) is 3.00. The largest absolute Gasteiger partial charge is 0.371 e. The molecule has 0 bridgehead atoms. The topological polar surface area (TPSA) is 37.0 Å². The smallest absolute Gasteiger partial charge is 0.168 e. The minimum atomic E-state index is -0.673. The van der Waals surface area contributed by atoms with Gasteiger partial charge in [0.2, 0.25) is 0 Å². The molecular formula is C11H15F2N3S. The van der Waals surface area contributed by atoms with E-state index in [2.05, 4.69) is 15.6 Å². The second kappa shape index (κ2) is 5.53. The highest BCUT2D eigenvalue weighted by Crippen LogP contribution is 2.23. The highest BCUT2D eigenvalue weighted by Gasteiger charge is 2.17. The molecule has 1 saturated heterocycles. The normalized spacial score (nSPS) is 20.1. The number of nitrogens with one attached hydrogen (secondary N) is 2. The van der Waals surface area contributed by atoms with Crippen LogP contribution in [0.15, 0.2) is 6.07 Å². The lowest BCUT2D eigenvalue weighted by Crippen LogP contribution is -2.27. The summed E-state index contributed by atoms with van der Waals surface area (Å²) in [4.78, 5) is 3.90. The summed E-state index contributed by atoms with van der Waals surface area (Å²) in [6, 6.07) is 1.07. The quantitative estimate of drug-likeness (QED) is 0.875. The predicted molar refractivity (Wildman–Crippen MR) is 67.7 cm³/mol. The predicted octanol–water partition coefficient (Wildman–Crippen LogP) is 2.71. The minimum Gasteiger partial charge on any atom is -0.371 e. The molecule has 1 unspecified atom stereocenters. The molecule has 0 aliphatic carbocycles. The van der Waals surface area contributed by atoms with Gasteiger partial charge < -0.3 is 10.6 Å². The van der Waals surface area contributed by atoms with E-state index in [9.17, 15) is 8.78 Å². The van der Waals surface area contributed by atoms with Gasteiger partial charge in [0.25, 0.3) is 0 Å². The molecule has 94 valence electrons. The fraction of sp³-hybridized carbons (Fsp3) is 0.545. The van der Waals surface area contributed by atoms with E-state index in [1.807, 2.05) is 11.8 Å². The van der Waals surface area contributed by atoms with Crippen LogP contribution >= 0.6 is 11.8 Å². The number of hydrogen-bond donors (Lipinski definition) is 2. The van der Waals surface area contributed by atoms with Crippen LogP contribution in [0, 0.1) is 11.6 Å². The highest BCUT2D eigenvalue weighted by atomic mass is 32.2. The minimum absolute atomic E-state index is 0.0670. The van der Waals surface area contributed by atoms with Gasteiger partial charge in [0.15, 0.2) is 23.3 Å².